The summed E-state index contributed by atoms with van der Waals surface area (Å²) in [4.78, 5) is 4.44. The first-order valence-corrected chi connectivity index (χ1v) is 8.56. The lowest BCUT2D eigenvalue weighted by Gasteiger charge is -2.56. The van der Waals surface area contributed by atoms with Gasteiger partial charge >= 0.3 is 0 Å². The van der Waals surface area contributed by atoms with Gasteiger partial charge in [-0.25, -0.2) is 4.98 Å². The maximum absolute atomic E-state index is 5.90. The Morgan fingerprint density at radius 1 is 1.21 bits per heavy atom. The van der Waals surface area contributed by atoms with Gasteiger partial charge in [0.1, 0.15) is 0 Å². The van der Waals surface area contributed by atoms with Gasteiger partial charge in [-0.2, -0.15) is 0 Å². The highest BCUT2D eigenvalue weighted by Gasteiger charge is 2.50. The van der Waals surface area contributed by atoms with Crippen molar-refractivity contribution in [1.29, 1.82) is 0 Å². The molecule has 1 aromatic heterocycles. The van der Waals surface area contributed by atoms with Crippen molar-refractivity contribution in [3.8, 4) is 0 Å². The van der Waals surface area contributed by atoms with Crippen molar-refractivity contribution in [1.82, 2.24) is 10.4 Å². The lowest BCUT2D eigenvalue weighted by molar-refractivity contribution is -0.0517. The molecule has 1 aromatic rings. The lowest BCUT2D eigenvalue weighted by atomic mass is 9.50. The molecule has 4 heteroatoms. The molecule has 4 bridgehead atoms. The highest BCUT2D eigenvalue weighted by atomic mass is 32.1. The lowest BCUT2D eigenvalue weighted by Crippen LogP contribution is -2.55. The Kier molecular flexibility index (Phi) is 3.13. The molecule has 19 heavy (non-hydrogen) atoms. The van der Waals surface area contributed by atoms with Crippen LogP contribution in [0.25, 0.3) is 0 Å². The molecule has 0 aliphatic heterocycles. The fraction of sp³-hybridized carbons (Fsp3) is 0.800. The van der Waals surface area contributed by atoms with Crippen molar-refractivity contribution in [3.63, 3.8) is 0 Å². The molecule has 1 atom stereocenters. The molecule has 0 amide bonds. The van der Waals surface area contributed by atoms with E-state index < -0.39 is 0 Å². The zero-order chi connectivity index (χ0) is 12.8. The molecular formula is C15H23N3S. The number of hydrogen-bond acceptors (Lipinski definition) is 4. The van der Waals surface area contributed by atoms with E-state index in [-0.39, 0.29) is 0 Å². The average molecular weight is 277 g/mol. The number of nitrogens with zero attached hydrogens (tertiary/aromatic N) is 1. The van der Waals surface area contributed by atoms with Gasteiger partial charge in [0.2, 0.25) is 0 Å². The minimum atomic E-state index is 0.432. The Labute approximate surface area is 119 Å². The average Bonchev–Trinajstić information content (AvgIpc) is 2.89. The largest absolute Gasteiger partial charge is 0.271 e. The van der Waals surface area contributed by atoms with Crippen LogP contribution < -0.4 is 11.3 Å². The number of rotatable bonds is 4. The second kappa shape index (κ2) is 4.83. The molecule has 4 saturated carbocycles. The summed E-state index contributed by atoms with van der Waals surface area (Å²) in [6.45, 7) is 0. The van der Waals surface area contributed by atoms with Gasteiger partial charge in [-0.3, -0.25) is 11.3 Å². The van der Waals surface area contributed by atoms with Crippen molar-refractivity contribution < 1.29 is 0 Å². The number of hydrazine groups is 1. The van der Waals surface area contributed by atoms with Crippen LogP contribution in [0, 0.1) is 29.6 Å². The van der Waals surface area contributed by atoms with Crippen molar-refractivity contribution in [2.45, 2.75) is 44.6 Å². The van der Waals surface area contributed by atoms with Crippen LogP contribution >= 0.6 is 11.3 Å². The molecule has 104 valence electrons. The van der Waals surface area contributed by atoms with Crippen LogP contribution in [0.3, 0.4) is 0 Å². The molecular weight excluding hydrogens is 254 g/mol. The Hall–Kier alpha value is -0.450. The summed E-state index contributed by atoms with van der Waals surface area (Å²) < 4.78 is 0. The van der Waals surface area contributed by atoms with E-state index >= 15 is 0 Å². The van der Waals surface area contributed by atoms with E-state index in [1.165, 1.54) is 37.1 Å². The SMILES string of the molecule is NNC(Cc1nccs1)C1C2CC3CC(C2)CC1C3. The minimum Gasteiger partial charge on any atom is -0.271 e. The van der Waals surface area contributed by atoms with Crippen LogP contribution in [0.2, 0.25) is 0 Å². The number of nitrogens with two attached hydrogens (primary N) is 1. The standard InChI is InChI=1S/C15H23N3S/c16-18-13(8-14-17-1-2-19-14)15-11-4-9-3-10(6-11)7-12(15)5-9/h1-2,9-13,15,18H,3-8,16H2. The van der Waals surface area contributed by atoms with Crippen LogP contribution in [-0.4, -0.2) is 11.0 Å². The van der Waals surface area contributed by atoms with E-state index in [2.05, 4.69) is 15.8 Å². The maximum Gasteiger partial charge on any atom is 0.0940 e. The van der Waals surface area contributed by atoms with Crippen molar-refractivity contribution >= 4 is 11.3 Å². The Morgan fingerprint density at radius 3 is 2.42 bits per heavy atom. The molecule has 3 nitrogen and oxygen atoms in total. The first kappa shape index (κ1) is 12.3. The van der Waals surface area contributed by atoms with E-state index in [9.17, 15) is 0 Å². The van der Waals surface area contributed by atoms with Gasteiger partial charge in [-0.1, -0.05) is 0 Å². The number of aromatic nitrogens is 1. The third-order valence-electron chi connectivity index (χ3n) is 5.86. The van der Waals surface area contributed by atoms with E-state index in [1.54, 1.807) is 11.3 Å². The van der Waals surface area contributed by atoms with Gasteiger partial charge in [-0.15, -0.1) is 11.3 Å². The fourth-order valence-corrected chi connectivity index (χ4v) is 6.15. The highest BCUT2D eigenvalue weighted by Crippen LogP contribution is 2.57. The summed E-state index contributed by atoms with van der Waals surface area (Å²) in [7, 11) is 0. The van der Waals surface area contributed by atoms with Crippen molar-refractivity contribution in [2.24, 2.45) is 35.4 Å². The summed E-state index contributed by atoms with van der Waals surface area (Å²) in [5, 5.41) is 3.30. The predicted molar refractivity (Wildman–Crippen MR) is 77.5 cm³/mol. The molecule has 0 saturated heterocycles. The Balaban J connectivity index is 1.53. The van der Waals surface area contributed by atoms with Gasteiger partial charge in [0.15, 0.2) is 0 Å². The zero-order valence-electron chi connectivity index (χ0n) is 11.3. The molecule has 3 N–H and O–H groups in total. The van der Waals surface area contributed by atoms with Crippen LogP contribution in [0.4, 0.5) is 0 Å². The first-order chi connectivity index (χ1) is 9.33. The summed E-state index contributed by atoms with van der Waals surface area (Å²) in [5.74, 6) is 10.6. The summed E-state index contributed by atoms with van der Waals surface area (Å²) in [6.07, 6.45) is 10.3. The number of hydrogen-bond donors (Lipinski definition) is 2. The van der Waals surface area contributed by atoms with Crippen molar-refractivity contribution in [3.05, 3.63) is 16.6 Å². The topological polar surface area (TPSA) is 50.9 Å². The first-order valence-electron chi connectivity index (χ1n) is 7.68. The highest BCUT2D eigenvalue weighted by molar-refractivity contribution is 7.09. The van der Waals surface area contributed by atoms with Crippen molar-refractivity contribution in [2.75, 3.05) is 0 Å². The number of nitrogens with one attached hydrogen (secondary N) is 1. The van der Waals surface area contributed by atoms with Gasteiger partial charge < -0.3 is 0 Å². The molecule has 0 aromatic carbocycles. The summed E-state index contributed by atoms with van der Waals surface area (Å²) >= 11 is 1.76. The van der Waals surface area contributed by atoms with E-state index in [0.717, 1.165) is 36.0 Å². The van der Waals surface area contributed by atoms with Gasteiger partial charge in [0.25, 0.3) is 0 Å². The quantitative estimate of drug-likeness (QED) is 0.657. The van der Waals surface area contributed by atoms with Gasteiger partial charge in [0, 0.05) is 24.0 Å². The third-order valence-corrected chi connectivity index (χ3v) is 6.66. The van der Waals surface area contributed by atoms with Gasteiger partial charge in [-0.05, 0) is 61.7 Å². The van der Waals surface area contributed by atoms with E-state index in [4.69, 9.17) is 5.84 Å². The molecule has 1 heterocycles. The minimum absolute atomic E-state index is 0.432. The van der Waals surface area contributed by atoms with Crippen LogP contribution in [0.1, 0.15) is 37.1 Å². The molecule has 4 fully saturated rings. The molecule has 5 rings (SSSR count). The fourth-order valence-electron chi connectivity index (χ4n) is 5.47. The predicted octanol–water partition coefficient (Wildman–Crippen LogP) is 2.59. The zero-order valence-corrected chi connectivity index (χ0v) is 12.1. The van der Waals surface area contributed by atoms with E-state index in [0.29, 0.717) is 6.04 Å². The molecule has 4 aliphatic carbocycles. The van der Waals surface area contributed by atoms with Crippen LogP contribution in [0.5, 0.6) is 0 Å². The molecule has 0 radical (unpaired) electrons. The Bertz CT molecular complexity index is 403. The maximum atomic E-state index is 5.90. The smallest absolute Gasteiger partial charge is 0.0940 e. The second-order valence-electron chi connectivity index (χ2n) is 6.91. The monoisotopic (exact) mass is 277 g/mol. The molecule has 0 spiro atoms. The summed E-state index contributed by atoms with van der Waals surface area (Å²) in [5.41, 5.74) is 3.13. The second-order valence-corrected chi connectivity index (χ2v) is 7.89. The normalized spacial score (nSPS) is 41.6. The van der Waals surface area contributed by atoms with E-state index in [1.807, 2.05) is 6.20 Å². The van der Waals surface area contributed by atoms with Crippen LogP contribution in [0.15, 0.2) is 11.6 Å². The number of thiazole rings is 1. The van der Waals surface area contributed by atoms with Crippen LogP contribution in [-0.2, 0) is 6.42 Å². The summed E-state index contributed by atoms with van der Waals surface area (Å²) in [6, 6.07) is 0.432. The van der Waals surface area contributed by atoms with Gasteiger partial charge in [0.05, 0.1) is 5.01 Å². The molecule has 4 aliphatic rings. The third kappa shape index (κ3) is 2.14. The Morgan fingerprint density at radius 2 is 1.89 bits per heavy atom. The molecule has 1 unspecified atom stereocenters.